The van der Waals surface area contributed by atoms with Gasteiger partial charge in [-0.05, 0) is 19.4 Å². The van der Waals surface area contributed by atoms with E-state index in [0.717, 1.165) is 5.56 Å². The summed E-state index contributed by atoms with van der Waals surface area (Å²) >= 11 is 0. The van der Waals surface area contributed by atoms with Crippen LogP contribution in [0.2, 0.25) is 0 Å². The Bertz CT molecular complexity index is 782. The van der Waals surface area contributed by atoms with Gasteiger partial charge in [0.2, 0.25) is 5.91 Å². The Morgan fingerprint density at radius 2 is 1.93 bits per heavy atom. The molecule has 9 heteroatoms. The zero-order valence-electron chi connectivity index (χ0n) is 17.0. The van der Waals surface area contributed by atoms with Gasteiger partial charge in [0.1, 0.15) is 0 Å². The van der Waals surface area contributed by atoms with E-state index in [4.69, 9.17) is 0 Å². The molecule has 1 saturated heterocycles. The Kier molecular flexibility index (Phi) is 9.19. The summed E-state index contributed by atoms with van der Waals surface area (Å²) < 4.78 is 23.5. The molecule has 0 aliphatic carbocycles. The summed E-state index contributed by atoms with van der Waals surface area (Å²) in [7, 11) is 0.366. The molecular formula is C19H31IN4O3S. The first-order valence-corrected chi connectivity index (χ1v) is 10.8. The molecule has 1 heterocycles. The minimum Gasteiger partial charge on any atom is -0.356 e. The van der Waals surface area contributed by atoms with Gasteiger partial charge in [0.15, 0.2) is 15.8 Å². The molecule has 28 heavy (non-hydrogen) atoms. The summed E-state index contributed by atoms with van der Waals surface area (Å²) in [5.41, 5.74) is 1.09. The van der Waals surface area contributed by atoms with E-state index in [1.807, 2.05) is 35.2 Å². The van der Waals surface area contributed by atoms with Crippen LogP contribution in [0.25, 0.3) is 0 Å². The number of hydrogen-bond donors (Lipinski definition) is 1. The number of aliphatic imine (C=N–C) groups is 1. The Morgan fingerprint density at radius 3 is 2.50 bits per heavy atom. The SMILES string of the molecule is CN=C(NCCC(=O)N(C)Cc1ccccc1)N1CCS(=O)(=O)C(C)(C)C1.I. The van der Waals surface area contributed by atoms with Crippen LogP contribution < -0.4 is 5.32 Å². The molecule has 0 spiro atoms. The van der Waals surface area contributed by atoms with Crippen LogP contribution in [0.3, 0.4) is 0 Å². The standard InChI is InChI=1S/C19H30N4O3S.HI/c1-19(2)15-23(12-13-27(19,25)26)18(20-3)21-11-10-17(24)22(4)14-16-8-6-5-7-9-16;/h5-9H,10-15H2,1-4H3,(H,20,21);1H. The highest BCUT2D eigenvalue weighted by molar-refractivity contribution is 14.0. The van der Waals surface area contributed by atoms with Crippen molar-refractivity contribution in [1.82, 2.24) is 15.1 Å². The normalized spacial score (nSPS) is 18.1. The van der Waals surface area contributed by atoms with E-state index >= 15 is 0 Å². The zero-order chi connectivity index (χ0) is 20.1. The van der Waals surface area contributed by atoms with Crippen LogP contribution in [0.4, 0.5) is 0 Å². The molecule has 1 aromatic carbocycles. The third-order valence-electron chi connectivity index (χ3n) is 4.87. The van der Waals surface area contributed by atoms with E-state index in [2.05, 4.69) is 10.3 Å². The highest BCUT2D eigenvalue weighted by atomic mass is 127. The minimum atomic E-state index is -3.10. The molecule has 0 aromatic heterocycles. The van der Waals surface area contributed by atoms with Gasteiger partial charge in [0, 0.05) is 46.7 Å². The molecule has 1 aromatic rings. The van der Waals surface area contributed by atoms with Crippen LogP contribution in [0, 0.1) is 0 Å². The highest BCUT2D eigenvalue weighted by Crippen LogP contribution is 2.23. The van der Waals surface area contributed by atoms with Crippen molar-refractivity contribution >= 4 is 45.7 Å². The summed E-state index contributed by atoms with van der Waals surface area (Å²) in [4.78, 5) is 20.2. The third-order valence-corrected chi connectivity index (χ3v) is 7.40. The predicted octanol–water partition coefficient (Wildman–Crippen LogP) is 1.74. The van der Waals surface area contributed by atoms with Gasteiger partial charge in [-0.15, -0.1) is 24.0 Å². The average Bonchev–Trinajstić information content (AvgIpc) is 2.62. The van der Waals surface area contributed by atoms with Gasteiger partial charge >= 0.3 is 0 Å². The number of nitrogens with one attached hydrogen (secondary N) is 1. The smallest absolute Gasteiger partial charge is 0.224 e. The van der Waals surface area contributed by atoms with E-state index in [1.165, 1.54) is 0 Å². The second-order valence-corrected chi connectivity index (χ2v) is 10.2. The van der Waals surface area contributed by atoms with Crippen molar-refractivity contribution in [3.8, 4) is 0 Å². The molecule has 0 radical (unpaired) electrons. The summed E-state index contributed by atoms with van der Waals surface area (Å²) in [6.07, 6.45) is 0.345. The fourth-order valence-corrected chi connectivity index (χ4v) is 4.44. The Balaban J connectivity index is 0.00000392. The van der Waals surface area contributed by atoms with Crippen LogP contribution in [-0.4, -0.2) is 74.3 Å². The van der Waals surface area contributed by atoms with Crippen LogP contribution in [-0.2, 0) is 21.2 Å². The monoisotopic (exact) mass is 522 g/mol. The number of sulfone groups is 1. The molecule has 0 saturated carbocycles. The first-order valence-electron chi connectivity index (χ1n) is 9.12. The van der Waals surface area contributed by atoms with Crippen LogP contribution in [0.5, 0.6) is 0 Å². The minimum absolute atomic E-state index is 0. The second-order valence-electron chi connectivity index (χ2n) is 7.46. The molecular weight excluding hydrogens is 491 g/mol. The summed E-state index contributed by atoms with van der Waals surface area (Å²) in [5, 5.41) is 3.19. The number of carbonyl (C=O) groups excluding carboxylic acids is 1. The highest BCUT2D eigenvalue weighted by Gasteiger charge is 2.40. The van der Waals surface area contributed by atoms with Gasteiger partial charge in [-0.2, -0.15) is 0 Å². The van der Waals surface area contributed by atoms with Gasteiger partial charge in [-0.25, -0.2) is 8.42 Å². The molecule has 1 aliphatic rings. The lowest BCUT2D eigenvalue weighted by Crippen LogP contribution is -2.57. The molecule has 0 bridgehead atoms. The quantitative estimate of drug-likeness (QED) is 0.362. The van der Waals surface area contributed by atoms with Crippen molar-refractivity contribution in [3.05, 3.63) is 35.9 Å². The summed E-state index contributed by atoms with van der Waals surface area (Å²) in [6, 6.07) is 9.86. The molecule has 1 fully saturated rings. The number of hydrogen-bond acceptors (Lipinski definition) is 4. The largest absolute Gasteiger partial charge is 0.356 e. The van der Waals surface area contributed by atoms with Gasteiger partial charge in [-0.3, -0.25) is 9.79 Å². The lowest BCUT2D eigenvalue weighted by molar-refractivity contribution is -0.130. The van der Waals surface area contributed by atoms with Crippen molar-refractivity contribution in [2.24, 2.45) is 4.99 Å². The number of carbonyl (C=O) groups is 1. The van der Waals surface area contributed by atoms with Crippen molar-refractivity contribution < 1.29 is 13.2 Å². The summed E-state index contributed by atoms with van der Waals surface area (Å²) in [5.74, 6) is 0.791. The van der Waals surface area contributed by atoms with Crippen LogP contribution in [0.1, 0.15) is 25.8 Å². The first kappa shape index (κ1) is 24.7. The molecule has 1 N–H and O–H groups in total. The van der Waals surface area contributed by atoms with E-state index in [9.17, 15) is 13.2 Å². The molecule has 0 unspecified atom stereocenters. The number of rotatable bonds is 5. The Morgan fingerprint density at radius 1 is 1.29 bits per heavy atom. The molecule has 1 amide bonds. The van der Waals surface area contributed by atoms with Gasteiger partial charge in [0.25, 0.3) is 0 Å². The molecule has 7 nitrogen and oxygen atoms in total. The lowest BCUT2D eigenvalue weighted by atomic mass is 10.2. The van der Waals surface area contributed by atoms with Crippen molar-refractivity contribution in [1.29, 1.82) is 0 Å². The van der Waals surface area contributed by atoms with Crippen molar-refractivity contribution in [2.75, 3.05) is 39.5 Å². The molecule has 2 rings (SSSR count). The molecule has 0 atom stereocenters. The second kappa shape index (κ2) is 10.4. The Hall–Kier alpha value is -1.36. The van der Waals surface area contributed by atoms with Crippen LogP contribution >= 0.6 is 24.0 Å². The Labute approximate surface area is 185 Å². The summed E-state index contributed by atoms with van der Waals surface area (Å²) in [6.45, 7) is 5.30. The van der Waals surface area contributed by atoms with Crippen molar-refractivity contribution in [2.45, 2.75) is 31.6 Å². The number of benzene rings is 1. The van der Waals surface area contributed by atoms with E-state index in [-0.39, 0.29) is 35.6 Å². The number of guanidine groups is 1. The maximum Gasteiger partial charge on any atom is 0.224 e. The average molecular weight is 522 g/mol. The van der Waals surface area contributed by atoms with Crippen LogP contribution in [0.15, 0.2) is 35.3 Å². The third kappa shape index (κ3) is 6.33. The van der Waals surface area contributed by atoms with E-state index < -0.39 is 14.6 Å². The fraction of sp³-hybridized carbons (Fsp3) is 0.579. The first-order chi connectivity index (χ1) is 12.7. The maximum absolute atomic E-state index is 12.3. The number of nitrogens with zero attached hydrogens (tertiary/aromatic N) is 3. The zero-order valence-corrected chi connectivity index (χ0v) is 20.2. The van der Waals surface area contributed by atoms with Gasteiger partial charge < -0.3 is 15.1 Å². The molecule has 158 valence electrons. The fourth-order valence-electron chi connectivity index (χ4n) is 3.07. The van der Waals surface area contributed by atoms with E-state index in [0.29, 0.717) is 38.6 Å². The van der Waals surface area contributed by atoms with E-state index in [1.54, 1.807) is 32.8 Å². The topological polar surface area (TPSA) is 82.1 Å². The number of amides is 1. The lowest BCUT2D eigenvalue weighted by Gasteiger charge is -2.39. The number of halogens is 1. The van der Waals surface area contributed by atoms with Crippen molar-refractivity contribution in [3.63, 3.8) is 0 Å². The van der Waals surface area contributed by atoms with Gasteiger partial charge in [-0.1, -0.05) is 30.3 Å². The maximum atomic E-state index is 12.3. The van der Waals surface area contributed by atoms with Gasteiger partial charge in [0.05, 0.1) is 10.5 Å². The molecule has 1 aliphatic heterocycles. The predicted molar refractivity (Wildman–Crippen MR) is 124 cm³/mol.